The summed E-state index contributed by atoms with van der Waals surface area (Å²) in [5.74, 6) is 0.197. The van der Waals surface area contributed by atoms with Crippen LogP contribution in [0.5, 0.6) is 5.75 Å². The van der Waals surface area contributed by atoms with Crippen LogP contribution in [0.1, 0.15) is 20.8 Å². The van der Waals surface area contributed by atoms with Crippen LogP contribution < -0.4 is 15.4 Å². The third-order valence-corrected chi connectivity index (χ3v) is 5.10. The lowest BCUT2D eigenvalue weighted by molar-refractivity contribution is -0.123. The van der Waals surface area contributed by atoms with Crippen molar-refractivity contribution in [1.82, 2.24) is 0 Å². The van der Waals surface area contributed by atoms with Crippen LogP contribution >= 0.6 is 15.9 Å². The number of hydrogen-bond donors (Lipinski definition) is 2. The summed E-state index contributed by atoms with van der Waals surface area (Å²) in [6.07, 6.45) is 0. The standard InChI is InChI=1S/C25H25BrN2O3/c1-25(2,3)24(30)28-20-11-7-10-19(15-20)27-23(29)16-31-22-13-12-18(14-21(22)26)17-8-5-4-6-9-17/h4-15H,16H2,1-3H3,(H,27,29)(H,28,30). The first-order chi connectivity index (χ1) is 14.7. The third-order valence-electron chi connectivity index (χ3n) is 4.48. The molecule has 0 atom stereocenters. The van der Waals surface area contributed by atoms with Crippen LogP contribution in [0.3, 0.4) is 0 Å². The van der Waals surface area contributed by atoms with Crippen molar-refractivity contribution >= 4 is 39.1 Å². The van der Waals surface area contributed by atoms with Crippen molar-refractivity contribution in [2.45, 2.75) is 20.8 Å². The molecule has 3 rings (SSSR count). The van der Waals surface area contributed by atoms with E-state index in [0.717, 1.165) is 15.6 Å². The van der Waals surface area contributed by atoms with Gasteiger partial charge in [0.05, 0.1) is 4.47 Å². The Hall–Kier alpha value is -3.12. The third kappa shape index (κ3) is 6.43. The van der Waals surface area contributed by atoms with E-state index in [0.29, 0.717) is 17.1 Å². The largest absolute Gasteiger partial charge is 0.483 e. The first-order valence-corrected chi connectivity index (χ1v) is 10.7. The van der Waals surface area contributed by atoms with Gasteiger partial charge < -0.3 is 15.4 Å². The molecule has 2 amide bonds. The zero-order chi connectivity index (χ0) is 22.4. The summed E-state index contributed by atoms with van der Waals surface area (Å²) in [7, 11) is 0. The fourth-order valence-electron chi connectivity index (χ4n) is 2.76. The predicted molar refractivity (Wildman–Crippen MR) is 128 cm³/mol. The Morgan fingerprint density at radius 1 is 0.839 bits per heavy atom. The van der Waals surface area contributed by atoms with Gasteiger partial charge in [-0.3, -0.25) is 9.59 Å². The van der Waals surface area contributed by atoms with Gasteiger partial charge in [-0.05, 0) is 57.4 Å². The molecular formula is C25H25BrN2O3. The molecular weight excluding hydrogens is 456 g/mol. The topological polar surface area (TPSA) is 67.4 Å². The highest BCUT2D eigenvalue weighted by molar-refractivity contribution is 9.10. The molecule has 0 fully saturated rings. The van der Waals surface area contributed by atoms with Crippen molar-refractivity contribution in [1.29, 1.82) is 0 Å². The molecule has 6 heteroatoms. The van der Waals surface area contributed by atoms with Gasteiger partial charge in [-0.1, -0.05) is 63.2 Å². The van der Waals surface area contributed by atoms with Gasteiger partial charge in [0, 0.05) is 16.8 Å². The van der Waals surface area contributed by atoms with Gasteiger partial charge in [0.15, 0.2) is 6.61 Å². The molecule has 2 N–H and O–H groups in total. The molecule has 0 aliphatic carbocycles. The summed E-state index contributed by atoms with van der Waals surface area (Å²) in [6, 6.07) is 22.8. The number of rotatable bonds is 6. The van der Waals surface area contributed by atoms with Crippen molar-refractivity contribution in [2.24, 2.45) is 5.41 Å². The minimum atomic E-state index is -0.503. The first kappa shape index (κ1) is 22.6. The number of carbonyl (C=O) groups is 2. The smallest absolute Gasteiger partial charge is 0.262 e. The molecule has 0 unspecified atom stereocenters. The van der Waals surface area contributed by atoms with E-state index in [1.807, 2.05) is 69.3 Å². The molecule has 0 aliphatic heterocycles. The van der Waals surface area contributed by atoms with E-state index in [4.69, 9.17) is 4.74 Å². The minimum Gasteiger partial charge on any atom is -0.483 e. The second-order valence-electron chi connectivity index (χ2n) is 8.13. The van der Waals surface area contributed by atoms with Crippen LogP contribution in [-0.4, -0.2) is 18.4 Å². The minimum absolute atomic E-state index is 0.0943. The highest BCUT2D eigenvalue weighted by atomic mass is 79.9. The second-order valence-corrected chi connectivity index (χ2v) is 8.99. The Kier molecular flexibility index (Phi) is 7.13. The van der Waals surface area contributed by atoms with Gasteiger partial charge in [-0.2, -0.15) is 0 Å². The SMILES string of the molecule is CC(C)(C)C(=O)Nc1cccc(NC(=O)COc2ccc(-c3ccccc3)cc2Br)c1. The average Bonchev–Trinajstić information content (AvgIpc) is 2.73. The van der Waals surface area contributed by atoms with Crippen molar-refractivity contribution in [3.8, 4) is 16.9 Å². The molecule has 0 spiro atoms. The van der Waals surface area contributed by atoms with Crippen molar-refractivity contribution in [3.63, 3.8) is 0 Å². The Morgan fingerprint density at radius 3 is 2.16 bits per heavy atom. The molecule has 3 aromatic rings. The molecule has 31 heavy (non-hydrogen) atoms. The maximum Gasteiger partial charge on any atom is 0.262 e. The zero-order valence-corrected chi connectivity index (χ0v) is 19.3. The van der Waals surface area contributed by atoms with Crippen LogP contribution in [0.2, 0.25) is 0 Å². The number of benzene rings is 3. The number of anilines is 2. The van der Waals surface area contributed by atoms with E-state index in [1.165, 1.54) is 0 Å². The summed E-state index contributed by atoms with van der Waals surface area (Å²) in [5.41, 5.74) is 2.86. The van der Waals surface area contributed by atoms with Crippen LogP contribution in [-0.2, 0) is 9.59 Å². The van der Waals surface area contributed by atoms with E-state index in [1.54, 1.807) is 24.3 Å². The highest BCUT2D eigenvalue weighted by Gasteiger charge is 2.21. The van der Waals surface area contributed by atoms with E-state index in [-0.39, 0.29) is 18.4 Å². The monoisotopic (exact) mass is 480 g/mol. The Bertz CT molecular complexity index is 1080. The maximum absolute atomic E-state index is 12.3. The van der Waals surface area contributed by atoms with Crippen LogP contribution in [0.15, 0.2) is 77.3 Å². The van der Waals surface area contributed by atoms with E-state index < -0.39 is 5.41 Å². The Labute approximate surface area is 191 Å². The fraction of sp³-hybridized carbons (Fsp3) is 0.200. The van der Waals surface area contributed by atoms with E-state index in [9.17, 15) is 9.59 Å². The quantitative estimate of drug-likeness (QED) is 0.446. The van der Waals surface area contributed by atoms with Gasteiger partial charge >= 0.3 is 0 Å². The average molecular weight is 481 g/mol. The van der Waals surface area contributed by atoms with Crippen molar-refractivity contribution in [3.05, 3.63) is 77.3 Å². The Balaban J connectivity index is 1.58. The number of amides is 2. The second kappa shape index (κ2) is 9.79. The Morgan fingerprint density at radius 2 is 1.52 bits per heavy atom. The van der Waals surface area contributed by atoms with Crippen molar-refractivity contribution in [2.75, 3.05) is 17.2 Å². The van der Waals surface area contributed by atoms with Gasteiger partial charge in [0.1, 0.15) is 5.75 Å². The summed E-state index contributed by atoms with van der Waals surface area (Å²) in [4.78, 5) is 24.5. The lowest BCUT2D eigenvalue weighted by Gasteiger charge is -2.18. The molecule has 0 aromatic heterocycles. The van der Waals surface area contributed by atoms with Crippen LogP contribution in [0.25, 0.3) is 11.1 Å². The lowest BCUT2D eigenvalue weighted by atomic mass is 9.95. The summed E-state index contributed by atoms with van der Waals surface area (Å²) in [6.45, 7) is 5.39. The molecule has 160 valence electrons. The maximum atomic E-state index is 12.3. The molecule has 0 aliphatic rings. The number of nitrogens with one attached hydrogen (secondary N) is 2. The summed E-state index contributed by atoms with van der Waals surface area (Å²) < 4.78 is 6.44. The lowest BCUT2D eigenvalue weighted by Crippen LogP contribution is -2.27. The number of ether oxygens (including phenoxy) is 1. The van der Waals surface area contributed by atoms with Gasteiger partial charge in [0.2, 0.25) is 5.91 Å². The van der Waals surface area contributed by atoms with Crippen molar-refractivity contribution < 1.29 is 14.3 Å². The van der Waals surface area contributed by atoms with E-state index in [2.05, 4.69) is 26.6 Å². The summed E-state index contributed by atoms with van der Waals surface area (Å²) >= 11 is 3.51. The number of hydrogen-bond acceptors (Lipinski definition) is 3. The first-order valence-electron chi connectivity index (χ1n) is 9.91. The molecule has 0 heterocycles. The van der Waals surface area contributed by atoms with Crippen LogP contribution in [0.4, 0.5) is 11.4 Å². The molecule has 0 saturated carbocycles. The fourth-order valence-corrected chi connectivity index (χ4v) is 3.25. The highest BCUT2D eigenvalue weighted by Crippen LogP contribution is 2.30. The molecule has 3 aromatic carbocycles. The molecule has 0 radical (unpaired) electrons. The van der Waals surface area contributed by atoms with Crippen LogP contribution in [0, 0.1) is 5.41 Å². The number of halogens is 1. The van der Waals surface area contributed by atoms with Gasteiger partial charge in [-0.25, -0.2) is 0 Å². The van der Waals surface area contributed by atoms with Gasteiger partial charge in [-0.15, -0.1) is 0 Å². The van der Waals surface area contributed by atoms with E-state index >= 15 is 0 Å². The number of carbonyl (C=O) groups excluding carboxylic acids is 2. The zero-order valence-electron chi connectivity index (χ0n) is 17.7. The normalized spacial score (nSPS) is 11.0. The molecule has 0 bridgehead atoms. The molecule has 5 nitrogen and oxygen atoms in total. The van der Waals surface area contributed by atoms with Gasteiger partial charge in [0.25, 0.3) is 5.91 Å². The molecule has 0 saturated heterocycles. The summed E-state index contributed by atoms with van der Waals surface area (Å²) in [5, 5.41) is 5.64. The predicted octanol–water partition coefficient (Wildman–Crippen LogP) is 6.12.